The van der Waals surface area contributed by atoms with Crippen LogP contribution in [0.15, 0.2) is 28.8 Å². The Balaban J connectivity index is 2.17. The van der Waals surface area contributed by atoms with E-state index < -0.39 is 15.5 Å². The highest BCUT2D eigenvalue weighted by atomic mass is 16.7. The largest absolute Gasteiger partial charge is 0.496 e. The van der Waals surface area contributed by atoms with Crippen LogP contribution in [0.3, 0.4) is 0 Å². The zero-order valence-corrected chi connectivity index (χ0v) is 12.5. The number of nitrogens with zero attached hydrogens (tertiary/aromatic N) is 4. The van der Waals surface area contributed by atoms with E-state index in [0.29, 0.717) is 11.3 Å². The van der Waals surface area contributed by atoms with E-state index >= 15 is 0 Å². The van der Waals surface area contributed by atoms with Crippen molar-refractivity contribution in [3.63, 3.8) is 0 Å². The van der Waals surface area contributed by atoms with Gasteiger partial charge >= 0.3 is 5.66 Å². The maximum absolute atomic E-state index is 10.9. The Morgan fingerprint density at radius 2 is 1.91 bits per heavy atom. The van der Waals surface area contributed by atoms with Gasteiger partial charge in [0, 0.05) is 6.42 Å². The normalized spacial score (nSPS) is 11.2. The second kappa shape index (κ2) is 6.38. The standard InChI is InChI=1S/C13H14N4O6/c1-13(16(18)19,17(20)21)8-7-11-14-12(15-23-11)9-5-3-4-6-10(9)22-2/h3-6H,7-8H2,1-2H3. The number of para-hydroxylation sites is 1. The first-order valence-electron chi connectivity index (χ1n) is 6.63. The van der Waals surface area contributed by atoms with Crippen LogP contribution in [0.1, 0.15) is 19.2 Å². The van der Waals surface area contributed by atoms with Crippen molar-refractivity contribution in [3.05, 3.63) is 50.4 Å². The lowest BCUT2D eigenvalue weighted by Gasteiger charge is -2.10. The third-order valence-electron chi connectivity index (χ3n) is 3.42. The minimum Gasteiger partial charge on any atom is -0.496 e. The Kier molecular flexibility index (Phi) is 4.53. The number of hydrogen-bond acceptors (Lipinski definition) is 8. The van der Waals surface area contributed by atoms with E-state index in [9.17, 15) is 20.2 Å². The lowest BCUT2D eigenvalue weighted by atomic mass is 10.1. The van der Waals surface area contributed by atoms with Crippen molar-refractivity contribution in [2.45, 2.75) is 25.4 Å². The van der Waals surface area contributed by atoms with Gasteiger partial charge in [0.1, 0.15) is 5.75 Å². The lowest BCUT2D eigenvalue weighted by molar-refractivity contribution is -0.793. The molecule has 2 rings (SSSR count). The van der Waals surface area contributed by atoms with E-state index in [1.165, 1.54) is 7.11 Å². The summed E-state index contributed by atoms with van der Waals surface area (Å²) in [4.78, 5) is 24.0. The van der Waals surface area contributed by atoms with Gasteiger partial charge in [0.15, 0.2) is 0 Å². The molecule has 122 valence electrons. The number of ether oxygens (including phenoxy) is 1. The summed E-state index contributed by atoms with van der Waals surface area (Å²) in [6.45, 7) is 0.949. The van der Waals surface area contributed by atoms with Gasteiger partial charge in [-0.2, -0.15) is 4.98 Å². The molecule has 0 radical (unpaired) electrons. The summed E-state index contributed by atoms with van der Waals surface area (Å²) in [6, 6.07) is 7.00. The van der Waals surface area contributed by atoms with Crippen LogP contribution in [0, 0.1) is 20.2 Å². The quantitative estimate of drug-likeness (QED) is 0.429. The third kappa shape index (κ3) is 3.25. The number of hydrogen-bond donors (Lipinski definition) is 0. The number of benzene rings is 1. The van der Waals surface area contributed by atoms with Crippen LogP contribution in [-0.2, 0) is 6.42 Å². The fourth-order valence-corrected chi connectivity index (χ4v) is 1.89. The van der Waals surface area contributed by atoms with Crippen LogP contribution in [0.4, 0.5) is 0 Å². The van der Waals surface area contributed by atoms with Gasteiger partial charge in [0.05, 0.1) is 35.9 Å². The minimum absolute atomic E-state index is 0.0827. The summed E-state index contributed by atoms with van der Waals surface area (Å²) in [6.07, 6.45) is -0.443. The average Bonchev–Trinajstić information content (AvgIpc) is 3.00. The van der Waals surface area contributed by atoms with Crippen molar-refractivity contribution in [1.29, 1.82) is 0 Å². The van der Waals surface area contributed by atoms with Crippen LogP contribution in [0.5, 0.6) is 5.75 Å². The first kappa shape index (κ1) is 16.3. The molecule has 0 unspecified atom stereocenters. The predicted molar refractivity (Wildman–Crippen MR) is 77.0 cm³/mol. The van der Waals surface area contributed by atoms with E-state index in [1.807, 2.05) is 0 Å². The molecule has 0 amide bonds. The molecule has 1 aromatic heterocycles. The summed E-state index contributed by atoms with van der Waals surface area (Å²) in [5.74, 6) is 0.877. The Labute approximate surface area is 130 Å². The summed E-state index contributed by atoms with van der Waals surface area (Å²) in [7, 11) is 1.50. The Morgan fingerprint density at radius 3 is 2.52 bits per heavy atom. The van der Waals surface area contributed by atoms with Gasteiger partial charge in [-0.15, -0.1) is 0 Å². The molecule has 23 heavy (non-hydrogen) atoms. The molecular weight excluding hydrogens is 308 g/mol. The highest BCUT2D eigenvalue weighted by molar-refractivity contribution is 5.63. The zero-order chi connectivity index (χ0) is 17.0. The van der Waals surface area contributed by atoms with Crippen molar-refractivity contribution in [3.8, 4) is 17.1 Å². The van der Waals surface area contributed by atoms with E-state index in [1.54, 1.807) is 24.3 Å². The highest BCUT2D eigenvalue weighted by Gasteiger charge is 2.50. The smallest absolute Gasteiger partial charge is 0.456 e. The summed E-state index contributed by atoms with van der Waals surface area (Å²) in [5, 5.41) is 25.5. The molecule has 0 spiro atoms. The van der Waals surface area contributed by atoms with Crippen molar-refractivity contribution in [1.82, 2.24) is 10.1 Å². The van der Waals surface area contributed by atoms with Gasteiger partial charge in [0.25, 0.3) is 0 Å². The summed E-state index contributed by atoms with van der Waals surface area (Å²) in [5.41, 5.74) is -1.70. The van der Waals surface area contributed by atoms with E-state index in [-0.39, 0.29) is 24.6 Å². The van der Waals surface area contributed by atoms with Crippen LogP contribution in [0.25, 0.3) is 11.4 Å². The van der Waals surface area contributed by atoms with E-state index in [0.717, 1.165) is 6.92 Å². The van der Waals surface area contributed by atoms with Gasteiger partial charge in [-0.1, -0.05) is 17.3 Å². The summed E-state index contributed by atoms with van der Waals surface area (Å²) < 4.78 is 10.2. The predicted octanol–water partition coefficient (Wildman–Crippen LogP) is 1.95. The fraction of sp³-hybridized carbons (Fsp3) is 0.385. The number of aryl methyl sites for hydroxylation is 1. The van der Waals surface area contributed by atoms with Crippen LogP contribution in [0.2, 0.25) is 0 Å². The van der Waals surface area contributed by atoms with Gasteiger partial charge in [-0.05, 0) is 12.1 Å². The molecule has 10 heteroatoms. The first-order valence-corrected chi connectivity index (χ1v) is 6.63. The molecule has 2 aromatic rings. The molecule has 0 atom stereocenters. The van der Waals surface area contributed by atoms with E-state index in [4.69, 9.17) is 9.26 Å². The van der Waals surface area contributed by atoms with Crippen LogP contribution in [-0.4, -0.2) is 32.8 Å². The molecule has 1 aromatic carbocycles. The second-order valence-corrected chi connectivity index (χ2v) is 4.94. The van der Waals surface area contributed by atoms with Gasteiger partial charge in [0.2, 0.25) is 11.7 Å². The minimum atomic E-state index is -2.29. The lowest BCUT2D eigenvalue weighted by Crippen LogP contribution is -2.43. The molecule has 0 aliphatic rings. The third-order valence-corrected chi connectivity index (χ3v) is 3.42. The van der Waals surface area contributed by atoms with Crippen molar-refractivity contribution < 1.29 is 19.1 Å². The highest BCUT2D eigenvalue weighted by Crippen LogP contribution is 2.27. The van der Waals surface area contributed by atoms with Crippen molar-refractivity contribution >= 4 is 0 Å². The number of methoxy groups -OCH3 is 1. The van der Waals surface area contributed by atoms with Gasteiger partial charge in [-0.25, -0.2) is 0 Å². The topological polar surface area (TPSA) is 134 Å². The Morgan fingerprint density at radius 1 is 1.26 bits per heavy atom. The molecule has 0 saturated carbocycles. The molecule has 1 heterocycles. The molecule has 0 N–H and O–H groups in total. The Hall–Kier alpha value is -3.04. The second-order valence-electron chi connectivity index (χ2n) is 4.94. The fourth-order valence-electron chi connectivity index (χ4n) is 1.89. The van der Waals surface area contributed by atoms with Crippen LogP contribution >= 0.6 is 0 Å². The van der Waals surface area contributed by atoms with Crippen molar-refractivity contribution in [2.24, 2.45) is 0 Å². The number of aromatic nitrogens is 2. The number of nitro groups is 2. The molecule has 0 fully saturated rings. The summed E-state index contributed by atoms with van der Waals surface area (Å²) >= 11 is 0. The molecular formula is C13H14N4O6. The molecule has 0 aliphatic carbocycles. The van der Waals surface area contributed by atoms with Gasteiger partial charge < -0.3 is 9.26 Å². The van der Waals surface area contributed by atoms with Crippen molar-refractivity contribution in [2.75, 3.05) is 7.11 Å². The van der Waals surface area contributed by atoms with Gasteiger partial charge in [-0.3, -0.25) is 20.2 Å². The molecule has 0 aliphatic heterocycles. The Bertz CT molecular complexity index is 715. The van der Waals surface area contributed by atoms with E-state index in [2.05, 4.69) is 10.1 Å². The maximum Gasteiger partial charge on any atom is 0.456 e. The SMILES string of the molecule is COc1ccccc1-c1noc(CCC(C)([N+](=O)[O-])[N+](=O)[O-])n1. The molecule has 0 bridgehead atoms. The first-order chi connectivity index (χ1) is 10.9. The number of rotatable bonds is 7. The molecule has 0 saturated heterocycles. The average molecular weight is 322 g/mol. The monoisotopic (exact) mass is 322 g/mol. The zero-order valence-electron chi connectivity index (χ0n) is 12.5. The molecule has 10 nitrogen and oxygen atoms in total. The van der Waals surface area contributed by atoms with Crippen LogP contribution < -0.4 is 4.74 Å². The maximum atomic E-state index is 10.9.